The summed E-state index contributed by atoms with van der Waals surface area (Å²) in [6.07, 6.45) is 1.03. The number of halogens is 1. The van der Waals surface area contributed by atoms with Crippen LogP contribution in [0.2, 0.25) is 0 Å². The van der Waals surface area contributed by atoms with Crippen LogP contribution in [0.25, 0.3) is 0 Å². The second-order valence-electron chi connectivity index (χ2n) is 4.46. The first-order valence-corrected chi connectivity index (χ1v) is 7.83. The second kappa shape index (κ2) is 5.53. The number of sulfone groups is 1. The van der Waals surface area contributed by atoms with E-state index in [1.807, 2.05) is 0 Å². The van der Waals surface area contributed by atoms with Crippen LogP contribution in [0.3, 0.4) is 0 Å². The molecule has 0 fully saturated rings. The van der Waals surface area contributed by atoms with Gasteiger partial charge in [-0.05, 0) is 30.3 Å². The maximum Gasteiger partial charge on any atom is 0.258 e. The Balaban J connectivity index is 2.37. The highest BCUT2D eigenvalue weighted by molar-refractivity contribution is 7.90. The fraction of sp³-hybridized carbons (Fsp3) is 0.0714. The normalized spacial score (nSPS) is 11.1. The molecule has 2 aromatic carbocycles. The predicted octanol–water partition coefficient (Wildman–Crippen LogP) is 2.06. The average molecular weight is 308 g/mol. The predicted molar refractivity (Wildman–Crippen MR) is 78.3 cm³/mol. The van der Waals surface area contributed by atoms with Crippen LogP contribution in [0.4, 0.5) is 15.8 Å². The van der Waals surface area contributed by atoms with Crippen LogP contribution in [0, 0.1) is 5.82 Å². The van der Waals surface area contributed by atoms with Gasteiger partial charge in [-0.2, -0.15) is 0 Å². The van der Waals surface area contributed by atoms with Gasteiger partial charge in [0.1, 0.15) is 5.82 Å². The first kappa shape index (κ1) is 15.0. The van der Waals surface area contributed by atoms with E-state index in [-0.39, 0.29) is 21.8 Å². The summed E-state index contributed by atoms with van der Waals surface area (Å²) >= 11 is 0. The summed E-state index contributed by atoms with van der Waals surface area (Å²) in [6.45, 7) is 0. The zero-order valence-electron chi connectivity index (χ0n) is 11.1. The topological polar surface area (TPSA) is 89.3 Å². The van der Waals surface area contributed by atoms with Crippen molar-refractivity contribution in [3.63, 3.8) is 0 Å². The van der Waals surface area contributed by atoms with Gasteiger partial charge in [-0.25, -0.2) is 12.8 Å². The molecule has 0 saturated heterocycles. The van der Waals surface area contributed by atoms with Crippen molar-refractivity contribution in [2.24, 2.45) is 0 Å². The van der Waals surface area contributed by atoms with Gasteiger partial charge < -0.3 is 11.1 Å². The van der Waals surface area contributed by atoms with E-state index < -0.39 is 21.6 Å². The minimum absolute atomic E-state index is 0.0331. The third kappa shape index (κ3) is 3.38. The monoisotopic (exact) mass is 308 g/mol. The maximum atomic E-state index is 13.7. The smallest absolute Gasteiger partial charge is 0.258 e. The number of nitrogen functional groups attached to an aromatic ring is 1. The summed E-state index contributed by atoms with van der Waals surface area (Å²) in [5, 5.41) is 2.39. The Labute approximate surface area is 121 Å². The number of carbonyl (C=O) groups is 1. The fourth-order valence-corrected chi connectivity index (χ4v) is 2.64. The number of amides is 1. The number of benzene rings is 2. The molecule has 1 amide bonds. The molecule has 0 saturated carbocycles. The van der Waals surface area contributed by atoms with Gasteiger partial charge in [0.15, 0.2) is 9.84 Å². The highest BCUT2D eigenvalue weighted by Gasteiger charge is 2.17. The molecule has 0 aliphatic carbocycles. The van der Waals surface area contributed by atoms with Gasteiger partial charge in [-0.1, -0.05) is 12.1 Å². The van der Waals surface area contributed by atoms with Gasteiger partial charge >= 0.3 is 0 Å². The number of rotatable bonds is 3. The molecule has 21 heavy (non-hydrogen) atoms. The van der Waals surface area contributed by atoms with Gasteiger partial charge in [0.2, 0.25) is 0 Å². The van der Waals surface area contributed by atoms with Crippen LogP contribution in [-0.4, -0.2) is 20.6 Å². The Morgan fingerprint density at radius 2 is 1.86 bits per heavy atom. The van der Waals surface area contributed by atoms with Crippen molar-refractivity contribution in [3.8, 4) is 0 Å². The van der Waals surface area contributed by atoms with Gasteiger partial charge in [0.25, 0.3) is 5.91 Å². The minimum Gasteiger partial charge on any atom is -0.399 e. The number of anilines is 2. The minimum atomic E-state index is -3.51. The lowest BCUT2D eigenvalue weighted by Gasteiger charge is -2.10. The van der Waals surface area contributed by atoms with E-state index in [1.165, 1.54) is 30.3 Å². The lowest BCUT2D eigenvalue weighted by Crippen LogP contribution is -2.16. The molecule has 2 aromatic rings. The molecular formula is C14H13FN2O3S. The highest BCUT2D eigenvalue weighted by atomic mass is 32.2. The molecule has 7 heteroatoms. The van der Waals surface area contributed by atoms with Crippen molar-refractivity contribution in [1.82, 2.24) is 0 Å². The Bertz CT molecular complexity index is 804. The summed E-state index contributed by atoms with van der Waals surface area (Å²) in [4.78, 5) is 12.0. The van der Waals surface area contributed by atoms with E-state index in [2.05, 4.69) is 5.32 Å². The van der Waals surface area contributed by atoms with Gasteiger partial charge in [-0.3, -0.25) is 4.79 Å². The van der Waals surface area contributed by atoms with Crippen LogP contribution in [0.15, 0.2) is 47.4 Å². The van der Waals surface area contributed by atoms with E-state index in [0.29, 0.717) is 0 Å². The van der Waals surface area contributed by atoms with Crippen molar-refractivity contribution < 1.29 is 17.6 Å². The molecule has 5 nitrogen and oxygen atoms in total. The molecule has 2 rings (SSSR count). The fourth-order valence-electron chi connectivity index (χ4n) is 1.80. The van der Waals surface area contributed by atoms with Crippen LogP contribution < -0.4 is 11.1 Å². The molecule has 0 unspecified atom stereocenters. The number of nitrogens with two attached hydrogens (primary N) is 1. The van der Waals surface area contributed by atoms with Gasteiger partial charge in [-0.15, -0.1) is 0 Å². The second-order valence-corrected chi connectivity index (χ2v) is 6.45. The molecule has 0 atom stereocenters. The molecule has 0 aromatic heterocycles. The Hall–Kier alpha value is -2.41. The van der Waals surface area contributed by atoms with Crippen LogP contribution >= 0.6 is 0 Å². The molecule has 0 spiro atoms. The first-order valence-electron chi connectivity index (χ1n) is 5.94. The van der Waals surface area contributed by atoms with E-state index in [1.54, 1.807) is 6.07 Å². The molecule has 0 aliphatic heterocycles. The average Bonchev–Trinajstić information content (AvgIpc) is 2.37. The highest BCUT2D eigenvalue weighted by Crippen LogP contribution is 2.22. The summed E-state index contributed by atoms with van der Waals surface area (Å²) in [6, 6.07) is 9.56. The SMILES string of the molecule is CS(=O)(=O)c1ccccc1NC(=O)c1ccc(N)cc1F. The summed E-state index contributed by atoms with van der Waals surface area (Å²) in [5.41, 5.74) is 5.49. The summed E-state index contributed by atoms with van der Waals surface area (Å²) in [7, 11) is -3.51. The third-order valence-electron chi connectivity index (χ3n) is 2.77. The van der Waals surface area contributed by atoms with Crippen LogP contribution in [-0.2, 0) is 9.84 Å². The first-order chi connectivity index (χ1) is 9.79. The van der Waals surface area contributed by atoms with Crippen molar-refractivity contribution in [2.45, 2.75) is 4.90 Å². The zero-order chi connectivity index (χ0) is 15.6. The van der Waals surface area contributed by atoms with Crippen molar-refractivity contribution in [1.29, 1.82) is 0 Å². The zero-order valence-corrected chi connectivity index (χ0v) is 11.9. The van der Waals surface area contributed by atoms with Gasteiger partial charge in [0.05, 0.1) is 16.1 Å². The standard InChI is InChI=1S/C14H13FN2O3S/c1-21(19,20)13-5-3-2-4-12(13)17-14(18)10-7-6-9(16)8-11(10)15/h2-8H,16H2,1H3,(H,17,18). The van der Waals surface area contributed by atoms with E-state index in [4.69, 9.17) is 5.73 Å². The van der Waals surface area contributed by atoms with Gasteiger partial charge in [0, 0.05) is 11.9 Å². The van der Waals surface area contributed by atoms with Crippen molar-refractivity contribution in [2.75, 3.05) is 17.3 Å². The number of carbonyl (C=O) groups excluding carboxylic acids is 1. The Morgan fingerprint density at radius 1 is 1.19 bits per heavy atom. The molecule has 0 heterocycles. The maximum absolute atomic E-state index is 13.7. The number of hydrogen-bond acceptors (Lipinski definition) is 4. The molecule has 0 bridgehead atoms. The van der Waals surface area contributed by atoms with Crippen molar-refractivity contribution >= 4 is 27.1 Å². The number of para-hydroxylation sites is 1. The number of nitrogens with one attached hydrogen (secondary N) is 1. The van der Waals surface area contributed by atoms with Crippen molar-refractivity contribution in [3.05, 3.63) is 53.8 Å². The summed E-state index contributed by atoms with van der Waals surface area (Å²) in [5.74, 6) is -1.52. The largest absolute Gasteiger partial charge is 0.399 e. The Kier molecular flexibility index (Phi) is 3.95. The number of hydrogen-bond donors (Lipinski definition) is 2. The van der Waals surface area contributed by atoms with Crippen LogP contribution in [0.1, 0.15) is 10.4 Å². The molecule has 0 radical (unpaired) electrons. The van der Waals surface area contributed by atoms with E-state index in [0.717, 1.165) is 12.3 Å². The third-order valence-corrected chi connectivity index (χ3v) is 3.93. The molecule has 0 aliphatic rings. The lowest BCUT2D eigenvalue weighted by molar-refractivity contribution is 0.102. The Morgan fingerprint density at radius 3 is 2.48 bits per heavy atom. The summed E-state index contributed by atoms with van der Waals surface area (Å²) < 4.78 is 37.0. The lowest BCUT2D eigenvalue weighted by atomic mass is 10.1. The van der Waals surface area contributed by atoms with Crippen LogP contribution in [0.5, 0.6) is 0 Å². The molecule has 110 valence electrons. The van der Waals surface area contributed by atoms with E-state index in [9.17, 15) is 17.6 Å². The quantitative estimate of drug-likeness (QED) is 0.849. The van der Waals surface area contributed by atoms with E-state index >= 15 is 0 Å². The molecule has 3 N–H and O–H groups in total. The molecular weight excluding hydrogens is 295 g/mol.